The topological polar surface area (TPSA) is 86.7 Å². The second-order valence-corrected chi connectivity index (χ2v) is 5.84. The Kier molecular flexibility index (Phi) is 5.73. The van der Waals surface area contributed by atoms with Crippen LogP contribution in [0.25, 0.3) is 0 Å². The van der Waals surface area contributed by atoms with Crippen LogP contribution in [0.5, 0.6) is 0 Å². The average Bonchev–Trinajstić information content (AvgIpc) is 2.52. The monoisotopic (exact) mass is 318 g/mol. The highest BCUT2D eigenvalue weighted by molar-refractivity contribution is 5.95. The van der Waals surface area contributed by atoms with E-state index in [-0.39, 0.29) is 24.3 Å². The number of benzene rings is 1. The van der Waals surface area contributed by atoms with Crippen LogP contribution in [-0.4, -0.2) is 40.4 Å². The summed E-state index contributed by atoms with van der Waals surface area (Å²) in [6.45, 7) is 2.09. The molecule has 124 valence electrons. The molecule has 0 bridgehead atoms. The van der Waals surface area contributed by atoms with Gasteiger partial charge in [-0.25, -0.2) is 0 Å². The Balaban J connectivity index is 2.06. The predicted octanol–water partition coefficient (Wildman–Crippen LogP) is 2.50. The summed E-state index contributed by atoms with van der Waals surface area (Å²) in [6, 6.07) is 6.77. The minimum atomic E-state index is -0.831. The van der Waals surface area contributed by atoms with E-state index in [2.05, 4.69) is 5.32 Å². The van der Waals surface area contributed by atoms with Crippen molar-refractivity contribution < 1.29 is 19.5 Å². The normalized spacial score (nSPS) is 17.6. The lowest BCUT2D eigenvalue weighted by Gasteiger charge is -2.35. The Morgan fingerprint density at radius 2 is 1.91 bits per heavy atom. The van der Waals surface area contributed by atoms with Crippen LogP contribution in [0.3, 0.4) is 0 Å². The first-order chi connectivity index (χ1) is 11.0. The van der Waals surface area contributed by atoms with E-state index >= 15 is 0 Å². The van der Waals surface area contributed by atoms with E-state index in [1.54, 1.807) is 29.2 Å². The number of rotatable bonds is 5. The maximum atomic E-state index is 12.7. The minimum absolute atomic E-state index is 0.0117. The van der Waals surface area contributed by atoms with Gasteiger partial charge in [0, 0.05) is 37.2 Å². The summed E-state index contributed by atoms with van der Waals surface area (Å²) < 4.78 is 0. The summed E-state index contributed by atoms with van der Waals surface area (Å²) in [5, 5.41) is 11.5. The molecule has 0 saturated carbocycles. The molecule has 1 fully saturated rings. The quantitative estimate of drug-likeness (QED) is 0.873. The lowest BCUT2D eigenvalue weighted by molar-refractivity contribution is -0.137. The molecule has 1 heterocycles. The summed E-state index contributed by atoms with van der Waals surface area (Å²) in [4.78, 5) is 36.3. The predicted molar refractivity (Wildman–Crippen MR) is 86.3 cm³/mol. The van der Waals surface area contributed by atoms with E-state index in [9.17, 15) is 14.4 Å². The molecular weight excluding hydrogens is 296 g/mol. The summed E-state index contributed by atoms with van der Waals surface area (Å²) in [6.07, 6.45) is 3.39. The zero-order chi connectivity index (χ0) is 16.8. The summed E-state index contributed by atoms with van der Waals surface area (Å²) in [7, 11) is 0. The van der Waals surface area contributed by atoms with Crippen molar-refractivity contribution in [1.82, 2.24) is 4.90 Å². The lowest BCUT2D eigenvalue weighted by Crippen LogP contribution is -2.43. The minimum Gasteiger partial charge on any atom is -0.481 e. The first-order valence-electron chi connectivity index (χ1n) is 7.88. The smallest absolute Gasteiger partial charge is 0.303 e. The highest BCUT2D eigenvalue weighted by Crippen LogP contribution is 2.23. The number of nitrogens with one attached hydrogen (secondary N) is 1. The van der Waals surface area contributed by atoms with Crippen molar-refractivity contribution in [2.24, 2.45) is 0 Å². The molecule has 0 aliphatic carbocycles. The van der Waals surface area contributed by atoms with E-state index < -0.39 is 5.97 Å². The van der Waals surface area contributed by atoms with Crippen molar-refractivity contribution in [2.45, 2.75) is 45.1 Å². The number of piperidine rings is 1. The Morgan fingerprint density at radius 3 is 2.52 bits per heavy atom. The van der Waals surface area contributed by atoms with Gasteiger partial charge in [0.1, 0.15) is 0 Å². The third-order valence-electron chi connectivity index (χ3n) is 4.03. The molecule has 6 nitrogen and oxygen atoms in total. The molecule has 0 aromatic heterocycles. The lowest BCUT2D eigenvalue weighted by atomic mass is 9.97. The van der Waals surface area contributed by atoms with Crippen LogP contribution in [0.1, 0.15) is 49.4 Å². The number of carbonyl (C=O) groups excluding carboxylic acids is 2. The number of nitrogens with zero attached hydrogens (tertiary/aromatic N) is 1. The number of hydrogen-bond acceptors (Lipinski definition) is 3. The molecule has 23 heavy (non-hydrogen) atoms. The van der Waals surface area contributed by atoms with Crippen molar-refractivity contribution in [3.63, 3.8) is 0 Å². The molecule has 6 heteroatoms. The van der Waals surface area contributed by atoms with Crippen molar-refractivity contribution in [3.8, 4) is 0 Å². The van der Waals surface area contributed by atoms with Gasteiger partial charge < -0.3 is 15.3 Å². The second-order valence-electron chi connectivity index (χ2n) is 5.84. The molecule has 1 aliphatic heterocycles. The number of hydrogen-bond donors (Lipinski definition) is 2. The highest BCUT2D eigenvalue weighted by atomic mass is 16.4. The van der Waals surface area contributed by atoms with Crippen LogP contribution in [0.15, 0.2) is 24.3 Å². The van der Waals surface area contributed by atoms with Crippen LogP contribution in [-0.2, 0) is 9.59 Å². The summed E-state index contributed by atoms with van der Waals surface area (Å²) in [5.74, 6) is -1.06. The molecule has 2 N–H and O–H groups in total. The maximum absolute atomic E-state index is 12.7. The third-order valence-corrected chi connectivity index (χ3v) is 4.03. The van der Waals surface area contributed by atoms with Crippen LogP contribution < -0.4 is 5.32 Å². The number of anilines is 1. The van der Waals surface area contributed by atoms with Crippen LogP contribution in [0.2, 0.25) is 0 Å². The molecule has 1 aromatic carbocycles. The van der Waals surface area contributed by atoms with Gasteiger partial charge in [-0.05, 0) is 49.9 Å². The Morgan fingerprint density at radius 1 is 1.22 bits per heavy atom. The molecule has 1 aliphatic rings. The SMILES string of the molecule is CC(=O)Nc1ccc(C(=O)N2CCCCC2CCC(=O)O)cc1. The van der Waals surface area contributed by atoms with E-state index in [1.807, 2.05) is 0 Å². The second kappa shape index (κ2) is 7.76. The van der Waals surface area contributed by atoms with Crippen molar-refractivity contribution in [1.29, 1.82) is 0 Å². The van der Waals surface area contributed by atoms with Gasteiger partial charge in [0.25, 0.3) is 5.91 Å². The first-order valence-corrected chi connectivity index (χ1v) is 7.88. The van der Waals surface area contributed by atoms with Crippen molar-refractivity contribution in [3.05, 3.63) is 29.8 Å². The summed E-state index contributed by atoms with van der Waals surface area (Å²) in [5.41, 5.74) is 1.21. The van der Waals surface area contributed by atoms with Crippen molar-refractivity contribution >= 4 is 23.5 Å². The van der Waals surface area contributed by atoms with E-state index in [1.165, 1.54) is 6.92 Å². The van der Waals surface area contributed by atoms with Gasteiger partial charge >= 0.3 is 5.97 Å². The number of carboxylic acids is 1. The van der Waals surface area contributed by atoms with Gasteiger partial charge in [-0.2, -0.15) is 0 Å². The Hall–Kier alpha value is -2.37. The zero-order valence-electron chi connectivity index (χ0n) is 13.2. The van der Waals surface area contributed by atoms with Gasteiger partial charge in [0.2, 0.25) is 5.91 Å². The van der Waals surface area contributed by atoms with E-state index in [0.717, 1.165) is 19.3 Å². The fraction of sp³-hybridized carbons (Fsp3) is 0.471. The van der Waals surface area contributed by atoms with Gasteiger partial charge in [-0.3, -0.25) is 14.4 Å². The van der Waals surface area contributed by atoms with Gasteiger partial charge in [-0.1, -0.05) is 0 Å². The van der Waals surface area contributed by atoms with E-state index in [0.29, 0.717) is 24.2 Å². The maximum Gasteiger partial charge on any atom is 0.303 e. The molecule has 1 atom stereocenters. The Labute approximate surface area is 135 Å². The highest BCUT2D eigenvalue weighted by Gasteiger charge is 2.27. The molecule has 1 unspecified atom stereocenters. The molecular formula is C17H22N2O4. The zero-order valence-corrected chi connectivity index (χ0v) is 13.2. The van der Waals surface area contributed by atoms with Crippen LogP contribution >= 0.6 is 0 Å². The van der Waals surface area contributed by atoms with Gasteiger partial charge in [0.15, 0.2) is 0 Å². The number of likely N-dealkylation sites (tertiary alicyclic amines) is 1. The number of aliphatic carboxylic acids is 1. The third kappa shape index (κ3) is 4.81. The average molecular weight is 318 g/mol. The van der Waals surface area contributed by atoms with Crippen molar-refractivity contribution in [2.75, 3.05) is 11.9 Å². The summed E-state index contributed by atoms with van der Waals surface area (Å²) >= 11 is 0. The van der Waals surface area contributed by atoms with Crippen LogP contribution in [0.4, 0.5) is 5.69 Å². The number of carboxylic acid groups (broad SMARTS) is 1. The largest absolute Gasteiger partial charge is 0.481 e. The molecule has 0 radical (unpaired) electrons. The molecule has 2 rings (SSSR count). The van der Waals surface area contributed by atoms with Gasteiger partial charge in [-0.15, -0.1) is 0 Å². The van der Waals surface area contributed by atoms with E-state index in [4.69, 9.17) is 5.11 Å². The number of carbonyl (C=O) groups is 3. The van der Waals surface area contributed by atoms with Crippen LogP contribution in [0, 0.1) is 0 Å². The fourth-order valence-corrected chi connectivity index (χ4v) is 2.92. The van der Waals surface area contributed by atoms with Gasteiger partial charge in [0.05, 0.1) is 0 Å². The molecule has 1 aromatic rings. The standard InChI is InChI=1S/C17H22N2O4/c1-12(20)18-14-7-5-13(6-8-14)17(23)19-11-3-2-4-15(19)9-10-16(21)22/h5-8,15H,2-4,9-11H2,1H3,(H,18,20)(H,21,22). The molecule has 1 saturated heterocycles. The number of amides is 2. The fourth-order valence-electron chi connectivity index (χ4n) is 2.92. The molecule has 2 amide bonds. The molecule has 0 spiro atoms. The Bertz CT molecular complexity index is 583. The first kappa shape index (κ1) is 17.0.